The zero-order chi connectivity index (χ0) is 13.9. The van der Waals surface area contributed by atoms with E-state index in [1.54, 1.807) is 11.3 Å². The van der Waals surface area contributed by atoms with Gasteiger partial charge in [0.25, 0.3) is 0 Å². The lowest BCUT2D eigenvalue weighted by atomic mass is 10.3. The van der Waals surface area contributed by atoms with Crippen LogP contribution in [0.1, 0.15) is 13.0 Å². The Bertz CT molecular complexity index is 686. The van der Waals surface area contributed by atoms with Crippen molar-refractivity contribution in [3.05, 3.63) is 42.0 Å². The number of thiophene rings is 1. The van der Waals surface area contributed by atoms with Gasteiger partial charge in [0.15, 0.2) is 5.82 Å². The van der Waals surface area contributed by atoms with Crippen LogP contribution in [0.2, 0.25) is 0 Å². The van der Waals surface area contributed by atoms with Crippen molar-refractivity contribution >= 4 is 23.2 Å². The van der Waals surface area contributed by atoms with Gasteiger partial charge in [-0.15, -0.1) is 16.4 Å². The zero-order valence-corrected chi connectivity index (χ0v) is 11.6. The van der Waals surface area contributed by atoms with E-state index in [4.69, 9.17) is 0 Å². The second kappa shape index (κ2) is 5.30. The molecule has 0 aromatic carbocycles. The van der Waals surface area contributed by atoms with Gasteiger partial charge in [0.05, 0.1) is 4.88 Å². The molecular weight excluding hydrogens is 274 g/mol. The fourth-order valence-electron chi connectivity index (χ4n) is 1.80. The van der Waals surface area contributed by atoms with E-state index in [1.165, 1.54) is 0 Å². The fraction of sp³-hybridized carbons (Fsp3) is 0.154. The normalized spacial score (nSPS) is 12.2. The number of hydrogen-bond acceptors (Lipinski definition) is 4. The average Bonchev–Trinajstić information content (AvgIpc) is 3.19. The van der Waals surface area contributed by atoms with Crippen LogP contribution in [0.5, 0.6) is 0 Å². The molecule has 102 valence electrons. The summed E-state index contributed by atoms with van der Waals surface area (Å²) in [5.74, 6) is 0.791. The molecule has 0 spiro atoms. The summed E-state index contributed by atoms with van der Waals surface area (Å²) >= 11 is 1.56. The first-order chi connectivity index (χ1) is 9.74. The van der Waals surface area contributed by atoms with Gasteiger partial charge in [0.2, 0.25) is 11.9 Å². The summed E-state index contributed by atoms with van der Waals surface area (Å²) in [7, 11) is 0. The number of anilines is 1. The Morgan fingerprint density at radius 3 is 2.90 bits per heavy atom. The molecule has 1 unspecified atom stereocenters. The molecule has 0 fully saturated rings. The fourth-order valence-corrected chi connectivity index (χ4v) is 2.46. The topological polar surface area (TPSA) is 75.6 Å². The maximum Gasteiger partial charge on any atom is 0.249 e. The molecule has 0 saturated carbocycles. The van der Waals surface area contributed by atoms with E-state index < -0.39 is 0 Å². The van der Waals surface area contributed by atoms with Crippen molar-refractivity contribution in [3.8, 4) is 10.7 Å². The van der Waals surface area contributed by atoms with Crippen LogP contribution in [-0.2, 0) is 4.79 Å². The molecule has 3 heterocycles. The van der Waals surface area contributed by atoms with Crippen molar-refractivity contribution in [1.29, 1.82) is 0 Å². The summed E-state index contributed by atoms with van der Waals surface area (Å²) in [6.07, 6.45) is 3.69. The molecule has 0 saturated heterocycles. The third-order valence-electron chi connectivity index (χ3n) is 2.93. The van der Waals surface area contributed by atoms with Gasteiger partial charge in [-0.25, -0.2) is 0 Å². The third kappa shape index (κ3) is 2.48. The van der Waals surface area contributed by atoms with Crippen LogP contribution < -0.4 is 5.32 Å². The number of aromatic amines is 1. The Morgan fingerprint density at radius 2 is 2.20 bits per heavy atom. The summed E-state index contributed by atoms with van der Waals surface area (Å²) in [5.41, 5.74) is 0. The number of amides is 1. The van der Waals surface area contributed by atoms with Crippen molar-refractivity contribution in [3.63, 3.8) is 0 Å². The minimum atomic E-state index is -0.311. The zero-order valence-electron chi connectivity index (χ0n) is 10.8. The number of nitrogens with one attached hydrogen (secondary N) is 2. The molecule has 0 aliphatic rings. The molecule has 1 atom stereocenters. The van der Waals surface area contributed by atoms with E-state index in [-0.39, 0.29) is 17.9 Å². The molecular formula is C13H13N5OS. The molecule has 6 nitrogen and oxygen atoms in total. The third-order valence-corrected chi connectivity index (χ3v) is 3.81. The van der Waals surface area contributed by atoms with E-state index in [1.807, 2.05) is 53.5 Å². The van der Waals surface area contributed by atoms with Crippen molar-refractivity contribution < 1.29 is 4.79 Å². The summed E-state index contributed by atoms with van der Waals surface area (Å²) in [5, 5.41) is 11.5. The molecule has 20 heavy (non-hydrogen) atoms. The molecule has 7 heteroatoms. The number of rotatable bonds is 4. The molecule has 0 bridgehead atoms. The predicted octanol–water partition coefficient (Wildman–Crippen LogP) is 2.53. The van der Waals surface area contributed by atoms with Crippen molar-refractivity contribution in [2.45, 2.75) is 13.0 Å². The molecule has 0 aliphatic carbocycles. The van der Waals surface area contributed by atoms with Crippen LogP contribution in [0.4, 0.5) is 5.95 Å². The predicted molar refractivity (Wildman–Crippen MR) is 77.5 cm³/mol. The van der Waals surface area contributed by atoms with Gasteiger partial charge in [-0.05, 0) is 30.5 Å². The van der Waals surface area contributed by atoms with Gasteiger partial charge >= 0.3 is 0 Å². The van der Waals surface area contributed by atoms with E-state index in [2.05, 4.69) is 20.5 Å². The SMILES string of the molecule is CC(C(=O)Nc1n[nH]c(-c2cccs2)n1)n1cccc1. The lowest BCUT2D eigenvalue weighted by Crippen LogP contribution is -2.23. The Kier molecular flexibility index (Phi) is 3.34. The van der Waals surface area contributed by atoms with Crippen LogP contribution in [0.25, 0.3) is 10.7 Å². The lowest BCUT2D eigenvalue weighted by Gasteiger charge is -2.11. The van der Waals surface area contributed by atoms with Crippen LogP contribution >= 0.6 is 11.3 Å². The summed E-state index contributed by atoms with van der Waals surface area (Å²) in [6, 6.07) is 7.33. The average molecular weight is 287 g/mol. The number of carbonyl (C=O) groups excluding carboxylic acids is 1. The number of carbonyl (C=O) groups is 1. The summed E-state index contributed by atoms with van der Waals surface area (Å²) < 4.78 is 1.82. The highest BCUT2D eigenvalue weighted by atomic mass is 32.1. The van der Waals surface area contributed by atoms with E-state index in [9.17, 15) is 4.79 Å². The van der Waals surface area contributed by atoms with E-state index >= 15 is 0 Å². The van der Waals surface area contributed by atoms with Crippen molar-refractivity contribution in [2.24, 2.45) is 0 Å². The standard InChI is InChI=1S/C13H13N5OS/c1-9(18-6-2-3-7-18)12(19)15-13-14-11(16-17-13)10-5-4-8-20-10/h2-9H,1H3,(H2,14,15,16,17,19). The maximum atomic E-state index is 12.1. The van der Waals surface area contributed by atoms with Gasteiger partial charge < -0.3 is 4.57 Å². The minimum Gasteiger partial charge on any atom is -0.342 e. The Balaban J connectivity index is 1.70. The molecule has 1 amide bonds. The highest BCUT2D eigenvalue weighted by molar-refractivity contribution is 7.13. The Morgan fingerprint density at radius 1 is 1.40 bits per heavy atom. The molecule has 3 rings (SSSR count). The second-order valence-corrected chi connectivity index (χ2v) is 5.23. The van der Waals surface area contributed by atoms with Crippen molar-refractivity contribution in [1.82, 2.24) is 19.7 Å². The van der Waals surface area contributed by atoms with Crippen LogP contribution in [0.3, 0.4) is 0 Å². The number of aromatic nitrogens is 4. The molecule has 3 aromatic heterocycles. The first-order valence-corrected chi connectivity index (χ1v) is 7.01. The largest absolute Gasteiger partial charge is 0.342 e. The van der Waals surface area contributed by atoms with Gasteiger partial charge in [0, 0.05) is 12.4 Å². The van der Waals surface area contributed by atoms with Gasteiger partial charge in [-0.2, -0.15) is 4.98 Å². The van der Waals surface area contributed by atoms with E-state index in [0.717, 1.165) is 4.88 Å². The first-order valence-electron chi connectivity index (χ1n) is 6.13. The van der Waals surface area contributed by atoms with Crippen molar-refractivity contribution in [2.75, 3.05) is 5.32 Å². The minimum absolute atomic E-state index is 0.155. The highest BCUT2D eigenvalue weighted by Gasteiger charge is 2.16. The highest BCUT2D eigenvalue weighted by Crippen LogP contribution is 2.21. The molecule has 0 radical (unpaired) electrons. The van der Waals surface area contributed by atoms with Crippen LogP contribution in [0.15, 0.2) is 42.0 Å². The monoisotopic (exact) mass is 287 g/mol. The first kappa shape index (κ1) is 12.6. The van der Waals surface area contributed by atoms with Crippen LogP contribution in [0, 0.1) is 0 Å². The Hall–Kier alpha value is -2.41. The number of H-pyrrole nitrogens is 1. The number of hydrogen-bond donors (Lipinski definition) is 2. The van der Waals surface area contributed by atoms with Crippen LogP contribution in [-0.4, -0.2) is 25.7 Å². The quantitative estimate of drug-likeness (QED) is 0.774. The lowest BCUT2D eigenvalue weighted by molar-refractivity contribution is -0.118. The Labute approximate surface area is 119 Å². The molecule has 2 N–H and O–H groups in total. The van der Waals surface area contributed by atoms with Gasteiger partial charge in [-0.3, -0.25) is 15.2 Å². The number of nitrogens with zero attached hydrogens (tertiary/aromatic N) is 3. The maximum absolute atomic E-state index is 12.1. The van der Waals surface area contributed by atoms with E-state index in [0.29, 0.717) is 5.82 Å². The second-order valence-electron chi connectivity index (χ2n) is 4.28. The summed E-state index contributed by atoms with van der Waals surface area (Å²) in [6.45, 7) is 1.82. The molecule has 0 aliphatic heterocycles. The summed E-state index contributed by atoms with van der Waals surface area (Å²) in [4.78, 5) is 17.3. The van der Waals surface area contributed by atoms with Gasteiger partial charge in [-0.1, -0.05) is 6.07 Å². The molecule has 3 aromatic rings. The van der Waals surface area contributed by atoms with Gasteiger partial charge in [0.1, 0.15) is 6.04 Å². The smallest absolute Gasteiger partial charge is 0.249 e.